The van der Waals surface area contributed by atoms with E-state index in [1.165, 1.54) is 0 Å². The number of nitrogens with two attached hydrogens (primary N) is 1. The molecule has 0 saturated heterocycles. The van der Waals surface area contributed by atoms with Gasteiger partial charge in [0.2, 0.25) is 10.0 Å². The van der Waals surface area contributed by atoms with Gasteiger partial charge in [0, 0.05) is 9.89 Å². The first-order valence-corrected chi connectivity index (χ1v) is 9.14. The highest BCUT2D eigenvalue weighted by molar-refractivity contribution is 9.10. The SMILES string of the molecule is CCC(CC)(COCc1cccc(Br)c1)CS(N)(=O)=O. The van der Waals surface area contributed by atoms with Gasteiger partial charge in [-0.25, -0.2) is 13.6 Å². The van der Waals surface area contributed by atoms with Crippen LogP contribution >= 0.6 is 15.9 Å². The Bertz CT molecular complexity index is 527. The van der Waals surface area contributed by atoms with Crippen molar-refractivity contribution in [2.75, 3.05) is 12.4 Å². The maximum atomic E-state index is 11.4. The molecule has 4 nitrogen and oxygen atoms in total. The van der Waals surface area contributed by atoms with Gasteiger partial charge in [0.15, 0.2) is 0 Å². The Morgan fingerprint density at radius 2 is 1.95 bits per heavy atom. The van der Waals surface area contributed by atoms with E-state index >= 15 is 0 Å². The van der Waals surface area contributed by atoms with Gasteiger partial charge < -0.3 is 4.74 Å². The van der Waals surface area contributed by atoms with Gasteiger partial charge in [0.25, 0.3) is 0 Å². The van der Waals surface area contributed by atoms with Crippen LogP contribution in [0.25, 0.3) is 0 Å². The Morgan fingerprint density at radius 1 is 1.30 bits per heavy atom. The highest BCUT2D eigenvalue weighted by Gasteiger charge is 2.31. The lowest BCUT2D eigenvalue weighted by atomic mass is 9.85. The summed E-state index contributed by atoms with van der Waals surface area (Å²) < 4.78 is 29.4. The Morgan fingerprint density at radius 3 is 2.45 bits per heavy atom. The highest BCUT2D eigenvalue weighted by atomic mass is 79.9. The van der Waals surface area contributed by atoms with Gasteiger partial charge in [-0.05, 0) is 30.5 Å². The van der Waals surface area contributed by atoms with Gasteiger partial charge in [-0.3, -0.25) is 0 Å². The Hall–Kier alpha value is -0.430. The van der Waals surface area contributed by atoms with Crippen molar-refractivity contribution in [1.82, 2.24) is 0 Å². The fourth-order valence-corrected chi connectivity index (χ4v) is 3.93. The molecule has 0 radical (unpaired) electrons. The maximum absolute atomic E-state index is 11.4. The molecule has 0 atom stereocenters. The van der Waals surface area contributed by atoms with Gasteiger partial charge in [0.1, 0.15) is 0 Å². The van der Waals surface area contributed by atoms with Crippen molar-refractivity contribution in [3.63, 3.8) is 0 Å². The summed E-state index contributed by atoms with van der Waals surface area (Å²) in [6.45, 7) is 4.79. The van der Waals surface area contributed by atoms with Crippen molar-refractivity contribution in [1.29, 1.82) is 0 Å². The minimum absolute atomic E-state index is 0.0362. The smallest absolute Gasteiger partial charge is 0.209 e. The lowest BCUT2D eigenvalue weighted by molar-refractivity contribution is 0.0397. The molecule has 1 aromatic carbocycles. The van der Waals surface area contributed by atoms with Crippen LogP contribution in [0.3, 0.4) is 0 Å². The summed E-state index contributed by atoms with van der Waals surface area (Å²) in [4.78, 5) is 0. The van der Waals surface area contributed by atoms with E-state index in [-0.39, 0.29) is 5.75 Å². The van der Waals surface area contributed by atoms with Crippen molar-refractivity contribution in [3.8, 4) is 0 Å². The molecule has 0 bridgehead atoms. The topological polar surface area (TPSA) is 69.4 Å². The molecule has 2 N–H and O–H groups in total. The van der Waals surface area contributed by atoms with Crippen LogP contribution in [0.2, 0.25) is 0 Å². The van der Waals surface area contributed by atoms with Gasteiger partial charge in [0.05, 0.1) is 19.0 Å². The molecule has 0 amide bonds. The molecule has 6 heteroatoms. The van der Waals surface area contributed by atoms with Crippen LogP contribution in [-0.4, -0.2) is 20.8 Å². The van der Waals surface area contributed by atoms with Crippen molar-refractivity contribution in [3.05, 3.63) is 34.3 Å². The third-order valence-electron chi connectivity index (χ3n) is 3.57. The van der Waals surface area contributed by atoms with E-state index in [2.05, 4.69) is 15.9 Å². The van der Waals surface area contributed by atoms with Gasteiger partial charge >= 0.3 is 0 Å². The molecule has 0 aromatic heterocycles. The number of sulfonamides is 1. The average molecular weight is 364 g/mol. The lowest BCUT2D eigenvalue weighted by Crippen LogP contribution is -2.36. The van der Waals surface area contributed by atoms with Crippen LogP contribution in [0.4, 0.5) is 0 Å². The first-order chi connectivity index (χ1) is 9.30. The fourth-order valence-electron chi connectivity index (χ4n) is 2.14. The van der Waals surface area contributed by atoms with Crippen molar-refractivity contribution < 1.29 is 13.2 Å². The standard InChI is InChI=1S/C14H22BrNO3S/c1-3-14(4-2,11-20(16,17)18)10-19-9-12-6-5-7-13(15)8-12/h5-8H,3-4,9-11H2,1-2H3,(H2,16,17,18). The summed E-state index contributed by atoms with van der Waals surface area (Å²) >= 11 is 3.41. The van der Waals surface area contributed by atoms with E-state index in [4.69, 9.17) is 9.88 Å². The molecular weight excluding hydrogens is 342 g/mol. The Balaban J connectivity index is 2.63. The molecule has 114 valence electrons. The summed E-state index contributed by atoms with van der Waals surface area (Å²) in [5, 5.41) is 5.19. The largest absolute Gasteiger partial charge is 0.376 e. The van der Waals surface area contributed by atoms with E-state index < -0.39 is 15.4 Å². The second-order valence-corrected chi connectivity index (χ2v) is 7.67. The van der Waals surface area contributed by atoms with Crippen molar-refractivity contribution >= 4 is 26.0 Å². The summed E-state index contributed by atoms with van der Waals surface area (Å²) in [5.41, 5.74) is 0.649. The number of hydrogen-bond donors (Lipinski definition) is 1. The molecule has 1 aromatic rings. The van der Waals surface area contributed by atoms with Crippen LogP contribution in [0.5, 0.6) is 0 Å². The Kier molecular flexibility index (Phi) is 6.64. The predicted molar refractivity (Wildman–Crippen MR) is 84.8 cm³/mol. The molecule has 0 spiro atoms. The van der Waals surface area contributed by atoms with Crippen molar-refractivity contribution in [2.45, 2.75) is 33.3 Å². The van der Waals surface area contributed by atoms with Crippen LogP contribution in [0, 0.1) is 5.41 Å². The molecule has 0 aliphatic rings. The number of primary sulfonamides is 1. The monoisotopic (exact) mass is 363 g/mol. The first-order valence-electron chi connectivity index (χ1n) is 6.63. The number of rotatable bonds is 8. The third-order valence-corrected chi connectivity index (χ3v) is 5.08. The molecule has 0 aliphatic heterocycles. The zero-order chi connectivity index (χ0) is 15.2. The second-order valence-electron chi connectivity index (χ2n) is 5.14. The predicted octanol–water partition coefficient (Wildman–Crippen LogP) is 3.06. The quantitative estimate of drug-likeness (QED) is 0.771. The highest BCUT2D eigenvalue weighted by Crippen LogP contribution is 2.28. The number of benzene rings is 1. The molecule has 20 heavy (non-hydrogen) atoms. The molecule has 0 unspecified atom stereocenters. The minimum atomic E-state index is -3.50. The second kappa shape index (κ2) is 7.54. The van der Waals surface area contributed by atoms with E-state index in [1.807, 2.05) is 38.1 Å². The molecule has 0 saturated carbocycles. The van der Waals surface area contributed by atoms with E-state index in [9.17, 15) is 8.42 Å². The Labute approximate surface area is 129 Å². The lowest BCUT2D eigenvalue weighted by Gasteiger charge is -2.30. The summed E-state index contributed by atoms with van der Waals surface area (Å²) in [6, 6.07) is 7.86. The zero-order valence-corrected chi connectivity index (χ0v) is 14.3. The average Bonchev–Trinajstić information content (AvgIpc) is 2.36. The van der Waals surface area contributed by atoms with Crippen LogP contribution in [0.1, 0.15) is 32.3 Å². The van der Waals surface area contributed by atoms with Crippen LogP contribution in [0.15, 0.2) is 28.7 Å². The number of ether oxygens (including phenoxy) is 1. The molecule has 0 heterocycles. The summed E-state index contributed by atoms with van der Waals surface area (Å²) in [6.07, 6.45) is 1.44. The van der Waals surface area contributed by atoms with Gasteiger partial charge in [-0.2, -0.15) is 0 Å². The molecule has 0 fully saturated rings. The van der Waals surface area contributed by atoms with Crippen molar-refractivity contribution in [2.24, 2.45) is 10.6 Å². The van der Waals surface area contributed by atoms with Gasteiger partial charge in [-0.15, -0.1) is 0 Å². The summed E-state index contributed by atoms with van der Waals surface area (Å²) in [7, 11) is -3.50. The summed E-state index contributed by atoms with van der Waals surface area (Å²) in [5.74, 6) is -0.0362. The van der Waals surface area contributed by atoms with E-state index in [0.717, 1.165) is 22.9 Å². The van der Waals surface area contributed by atoms with Crippen LogP contribution in [-0.2, 0) is 21.4 Å². The van der Waals surface area contributed by atoms with E-state index in [0.29, 0.717) is 13.2 Å². The first kappa shape index (κ1) is 17.6. The zero-order valence-electron chi connectivity index (χ0n) is 11.9. The third kappa shape index (κ3) is 5.91. The van der Waals surface area contributed by atoms with Crippen LogP contribution < -0.4 is 5.14 Å². The minimum Gasteiger partial charge on any atom is -0.376 e. The number of halogens is 1. The van der Waals surface area contributed by atoms with Gasteiger partial charge in [-0.1, -0.05) is 41.9 Å². The normalized spacial score (nSPS) is 12.6. The molecular formula is C14H22BrNO3S. The van der Waals surface area contributed by atoms with E-state index in [1.54, 1.807) is 0 Å². The fraction of sp³-hybridized carbons (Fsp3) is 0.571. The maximum Gasteiger partial charge on any atom is 0.209 e. The molecule has 0 aliphatic carbocycles. The molecule has 1 rings (SSSR count). The number of hydrogen-bond acceptors (Lipinski definition) is 3.